The molecule has 0 spiro atoms. The van der Waals surface area contributed by atoms with Gasteiger partial charge in [-0.3, -0.25) is 9.69 Å². The van der Waals surface area contributed by atoms with Gasteiger partial charge < -0.3 is 14.4 Å². The van der Waals surface area contributed by atoms with E-state index in [1.165, 1.54) is 0 Å². The van der Waals surface area contributed by atoms with Crippen LogP contribution in [-0.4, -0.2) is 57.1 Å². The van der Waals surface area contributed by atoms with E-state index in [0.29, 0.717) is 33.7 Å². The summed E-state index contributed by atoms with van der Waals surface area (Å²) in [5.41, 5.74) is 1.64. The van der Waals surface area contributed by atoms with Crippen molar-refractivity contribution in [1.29, 1.82) is 0 Å². The summed E-state index contributed by atoms with van der Waals surface area (Å²) in [5, 5.41) is 1.24. The highest BCUT2D eigenvalue weighted by Crippen LogP contribution is 2.33. The Morgan fingerprint density at radius 3 is 2.50 bits per heavy atom. The summed E-state index contributed by atoms with van der Waals surface area (Å²) in [6, 6.07) is 11.1. The minimum absolute atomic E-state index is 0.0116. The maximum atomic E-state index is 11.5. The van der Waals surface area contributed by atoms with Crippen molar-refractivity contribution in [3.8, 4) is 11.5 Å². The second-order valence-electron chi connectivity index (χ2n) is 7.38. The number of ether oxygens (including phenoxy) is 2. The largest absolute Gasteiger partial charge is 0.493 e. The van der Waals surface area contributed by atoms with Gasteiger partial charge in [-0.05, 0) is 56.6 Å². The van der Waals surface area contributed by atoms with Crippen molar-refractivity contribution in [1.82, 2.24) is 4.90 Å². The first-order valence-corrected chi connectivity index (χ1v) is 11.0. The maximum absolute atomic E-state index is 11.5. The van der Waals surface area contributed by atoms with Crippen LogP contribution in [0.3, 0.4) is 0 Å². The molecule has 7 heteroatoms. The smallest absolute Gasteiger partial charge is 0.161 e. The van der Waals surface area contributed by atoms with Crippen LogP contribution in [0.15, 0.2) is 36.4 Å². The summed E-state index contributed by atoms with van der Waals surface area (Å²) in [6.07, 6.45) is 2.02. The highest BCUT2D eigenvalue weighted by Gasteiger charge is 2.19. The Kier molecular flexibility index (Phi) is 8.25. The van der Waals surface area contributed by atoms with E-state index in [-0.39, 0.29) is 5.78 Å². The van der Waals surface area contributed by atoms with E-state index in [2.05, 4.69) is 9.80 Å². The number of carbonyl (C=O) groups excluding carboxylic acids is 1. The number of hydrogen-bond acceptors (Lipinski definition) is 5. The van der Waals surface area contributed by atoms with Crippen LogP contribution in [0.5, 0.6) is 11.5 Å². The molecule has 0 bridgehead atoms. The van der Waals surface area contributed by atoms with Crippen molar-refractivity contribution in [2.45, 2.75) is 19.8 Å². The third-order valence-electron chi connectivity index (χ3n) is 5.34. The highest BCUT2D eigenvalue weighted by molar-refractivity contribution is 6.43. The minimum atomic E-state index is 0.0116. The SMILES string of the molecule is COc1cc(C(C)=O)ccc1OCCCCN1CCN(c2cccc(Cl)c2Cl)CC1. The summed E-state index contributed by atoms with van der Waals surface area (Å²) in [7, 11) is 1.59. The quantitative estimate of drug-likeness (QED) is 0.388. The van der Waals surface area contributed by atoms with Crippen LogP contribution >= 0.6 is 23.2 Å². The van der Waals surface area contributed by atoms with E-state index in [4.69, 9.17) is 32.7 Å². The molecule has 1 saturated heterocycles. The molecular formula is C23H28Cl2N2O3. The first-order valence-electron chi connectivity index (χ1n) is 10.2. The average Bonchev–Trinajstić information content (AvgIpc) is 2.76. The lowest BCUT2D eigenvalue weighted by atomic mass is 10.1. The minimum Gasteiger partial charge on any atom is -0.493 e. The summed E-state index contributed by atoms with van der Waals surface area (Å²) >= 11 is 12.5. The molecule has 1 aliphatic heterocycles. The Morgan fingerprint density at radius 1 is 1.03 bits per heavy atom. The number of rotatable bonds is 9. The first-order chi connectivity index (χ1) is 14.5. The molecule has 2 aromatic carbocycles. The molecule has 0 unspecified atom stereocenters. The molecule has 0 radical (unpaired) electrons. The van der Waals surface area contributed by atoms with Gasteiger partial charge in [-0.1, -0.05) is 29.3 Å². The molecular weight excluding hydrogens is 423 g/mol. The van der Waals surface area contributed by atoms with Gasteiger partial charge >= 0.3 is 0 Å². The van der Waals surface area contributed by atoms with Gasteiger partial charge in [0.2, 0.25) is 0 Å². The van der Waals surface area contributed by atoms with Crippen LogP contribution in [0.25, 0.3) is 0 Å². The van der Waals surface area contributed by atoms with Crippen LogP contribution in [0.1, 0.15) is 30.1 Å². The van der Waals surface area contributed by atoms with E-state index in [1.54, 1.807) is 32.2 Å². The van der Waals surface area contributed by atoms with Gasteiger partial charge in [0.1, 0.15) is 0 Å². The molecule has 0 saturated carbocycles. The van der Waals surface area contributed by atoms with Crippen molar-refractivity contribution in [2.75, 3.05) is 51.3 Å². The van der Waals surface area contributed by atoms with Crippen LogP contribution in [0.4, 0.5) is 5.69 Å². The summed E-state index contributed by atoms with van der Waals surface area (Å²) in [4.78, 5) is 16.3. The summed E-state index contributed by atoms with van der Waals surface area (Å²) < 4.78 is 11.2. The zero-order valence-corrected chi connectivity index (χ0v) is 19.0. The predicted octanol–water partition coefficient (Wildman–Crippen LogP) is 5.19. The third kappa shape index (κ3) is 5.81. The number of carbonyl (C=O) groups is 1. The van der Waals surface area contributed by atoms with Crippen LogP contribution in [0.2, 0.25) is 10.0 Å². The summed E-state index contributed by atoms with van der Waals surface area (Å²) in [6.45, 7) is 7.09. The topological polar surface area (TPSA) is 42.0 Å². The fourth-order valence-electron chi connectivity index (χ4n) is 3.57. The molecule has 0 amide bonds. The Labute approximate surface area is 188 Å². The Hall–Kier alpha value is -1.95. The molecule has 1 aliphatic rings. The van der Waals surface area contributed by atoms with Crippen LogP contribution < -0.4 is 14.4 Å². The zero-order chi connectivity index (χ0) is 21.5. The van der Waals surface area contributed by atoms with Gasteiger partial charge in [0.25, 0.3) is 0 Å². The number of Topliss-reactive ketones (excluding diaryl/α,β-unsaturated/α-hetero) is 1. The lowest BCUT2D eigenvalue weighted by Gasteiger charge is -2.36. The molecule has 162 valence electrons. The number of nitrogens with zero attached hydrogens (tertiary/aromatic N) is 2. The van der Waals surface area contributed by atoms with E-state index in [1.807, 2.05) is 18.2 Å². The van der Waals surface area contributed by atoms with Gasteiger partial charge in [-0.25, -0.2) is 0 Å². The Balaban J connectivity index is 1.38. The monoisotopic (exact) mass is 450 g/mol. The van der Waals surface area contributed by atoms with Gasteiger partial charge in [-0.2, -0.15) is 0 Å². The molecule has 30 heavy (non-hydrogen) atoms. The van der Waals surface area contributed by atoms with Gasteiger partial charge in [0.15, 0.2) is 17.3 Å². The normalized spacial score (nSPS) is 14.6. The molecule has 5 nitrogen and oxygen atoms in total. The van der Waals surface area contributed by atoms with Gasteiger partial charge in [0.05, 0.1) is 29.4 Å². The molecule has 0 atom stereocenters. The standard InChI is InChI=1S/C23H28Cl2N2O3/c1-17(28)18-8-9-21(22(16-18)29-2)30-15-4-3-10-26-11-13-27(14-12-26)20-7-5-6-19(24)23(20)25/h5-9,16H,3-4,10-15H2,1-2H3. The second kappa shape index (κ2) is 10.9. The predicted molar refractivity (Wildman–Crippen MR) is 123 cm³/mol. The number of halogens is 2. The third-order valence-corrected chi connectivity index (χ3v) is 6.15. The van der Waals surface area contributed by atoms with E-state index in [9.17, 15) is 4.79 Å². The van der Waals surface area contributed by atoms with Crippen molar-refractivity contribution < 1.29 is 14.3 Å². The van der Waals surface area contributed by atoms with E-state index >= 15 is 0 Å². The fraction of sp³-hybridized carbons (Fsp3) is 0.435. The molecule has 0 aliphatic carbocycles. The number of ketones is 1. The van der Waals surface area contributed by atoms with Crippen LogP contribution in [0, 0.1) is 0 Å². The van der Waals surface area contributed by atoms with E-state index in [0.717, 1.165) is 51.3 Å². The molecule has 1 fully saturated rings. The van der Waals surface area contributed by atoms with Crippen molar-refractivity contribution in [3.05, 3.63) is 52.0 Å². The fourth-order valence-corrected chi connectivity index (χ4v) is 3.99. The van der Waals surface area contributed by atoms with Crippen molar-refractivity contribution >= 4 is 34.7 Å². The molecule has 0 aromatic heterocycles. The van der Waals surface area contributed by atoms with Crippen molar-refractivity contribution in [3.63, 3.8) is 0 Å². The number of hydrogen-bond donors (Lipinski definition) is 0. The highest BCUT2D eigenvalue weighted by atomic mass is 35.5. The molecule has 2 aromatic rings. The number of piperazine rings is 1. The first kappa shape index (κ1) is 22.7. The number of unbranched alkanes of at least 4 members (excludes halogenated alkanes) is 1. The number of methoxy groups -OCH3 is 1. The molecule has 0 N–H and O–H groups in total. The lowest BCUT2D eigenvalue weighted by Crippen LogP contribution is -2.46. The number of anilines is 1. The maximum Gasteiger partial charge on any atom is 0.161 e. The second-order valence-corrected chi connectivity index (χ2v) is 8.16. The lowest BCUT2D eigenvalue weighted by molar-refractivity contribution is 0.101. The Bertz CT molecular complexity index is 868. The zero-order valence-electron chi connectivity index (χ0n) is 17.5. The van der Waals surface area contributed by atoms with Gasteiger partial charge in [0, 0.05) is 31.7 Å². The van der Waals surface area contributed by atoms with E-state index < -0.39 is 0 Å². The Morgan fingerprint density at radius 2 is 1.80 bits per heavy atom. The molecule has 3 rings (SSSR count). The van der Waals surface area contributed by atoms with Gasteiger partial charge in [-0.15, -0.1) is 0 Å². The van der Waals surface area contributed by atoms with Crippen molar-refractivity contribution in [2.24, 2.45) is 0 Å². The average molecular weight is 451 g/mol. The number of benzene rings is 2. The summed E-state index contributed by atoms with van der Waals surface area (Å²) in [5.74, 6) is 1.28. The van der Waals surface area contributed by atoms with Crippen LogP contribution in [-0.2, 0) is 0 Å². The molecule has 1 heterocycles.